The topological polar surface area (TPSA) is 94.6 Å². The Kier molecular flexibility index (Phi) is 15.0. The third kappa shape index (κ3) is 16.0. The monoisotopic (exact) mass is 608 g/mol. The van der Waals surface area contributed by atoms with E-state index in [0.29, 0.717) is 31.5 Å². The van der Waals surface area contributed by atoms with Gasteiger partial charge in [0.2, 0.25) is 0 Å². The Morgan fingerprint density at radius 3 is 2.00 bits per heavy atom. The summed E-state index contributed by atoms with van der Waals surface area (Å²) in [4.78, 5) is 38.4. The summed E-state index contributed by atoms with van der Waals surface area (Å²) in [6, 6.07) is 0. The fraction of sp³-hybridized carbons (Fsp3) is 0.853. The first kappa shape index (κ1) is 37.1. The maximum Gasteiger partial charge on any atom is 0.410 e. The molecule has 3 rings (SSSR count). The van der Waals surface area contributed by atoms with Crippen LogP contribution in [0.2, 0.25) is 0 Å². The Hall–Kier alpha value is -2.13. The molecule has 0 unspecified atom stereocenters. The zero-order valence-corrected chi connectivity index (χ0v) is 28.4. The Morgan fingerprint density at radius 2 is 1.42 bits per heavy atom. The van der Waals surface area contributed by atoms with Crippen molar-refractivity contribution < 1.29 is 33.3 Å². The van der Waals surface area contributed by atoms with Crippen molar-refractivity contribution in [3.05, 3.63) is 12.2 Å². The average Bonchev–Trinajstić information content (AvgIpc) is 3.63. The molecule has 248 valence electrons. The zero-order valence-electron chi connectivity index (χ0n) is 28.4. The minimum absolute atomic E-state index is 0.184. The first-order chi connectivity index (χ1) is 20.1. The van der Waals surface area contributed by atoms with Gasteiger partial charge in [-0.05, 0) is 106 Å². The van der Waals surface area contributed by atoms with Crippen LogP contribution in [0.3, 0.4) is 0 Å². The second-order valence-corrected chi connectivity index (χ2v) is 14.5. The predicted molar refractivity (Wildman–Crippen MR) is 169 cm³/mol. The predicted octanol–water partition coefficient (Wildman–Crippen LogP) is 7.52. The number of hydrogen-bond acceptors (Lipinski definition) is 7. The van der Waals surface area contributed by atoms with Gasteiger partial charge in [0, 0.05) is 39.0 Å². The lowest BCUT2D eigenvalue weighted by Gasteiger charge is -2.24. The van der Waals surface area contributed by atoms with Crippen LogP contribution < -0.4 is 0 Å². The molecule has 3 fully saturated rings. The van der Waals surface area contributed by atoms with E-state index in [4.69, 9.17) is 18.9 Å². The van der Waals surface area contributed by atoms with Crippen LogP contribution in [-0.2, 0) is 23.7 Å². The molecule has 0 aromatic heterocycles. The molecule has 0 aromatic carbocycles. The first-order valence-corrected chi connectivity index (χ1v) is 16.4. The number of amides is 2. The molecule has 0 spiro atoms. The zero-order chi connectivity index (χ0) is 32.1. The molecule has 2 atom stereocenters. The molecule has 0 aliphatic carbocycles. The molecule has 2 amide bonds. The number of likely N-dealkylation sites (tertiary alicyclic amines) is 2. The molecular weight excluding hydrogens is 548 g/mol. The van der Waals surface area contributed by atoms with Crippen LogP contribution in [0.4, 0.5) is 9.59 Å². The number of rotatable bonds is 11. The minimum Gasteiger partial charge on any atom is -0.444 e. The third-order valence-electron chi connectivity index (χ3n) is 7.76. The summed E-state index contributed by atoms with van der Waals surface area (Å²) in [6.07, 6.45) is 14.3. The molecule has 0 radical (unpaired) electrons. The van der Waals surface area contributed by atoms with Gasteiger partial charge in [-0.1, -0.05) is 25.0 Å². The van der Waals surface area contributed by atoms with Crippen molar-refractivity contribution in [1.82, 2.24) is 9.80 Å². The largest absolute Gasteiger partial charge is 0.444 e. The molecule has 9 heteroatoms. The van der Waals surface area contributed by atoms with E-state index in [-0.39, 0.29) is 23.8 Å². The van der Waals surface area contributed by atoms with E-state index in [1.165, 1.54) is 0 Å². The van der Waals surface area contributed by atoms with Crippen molar-refractivity contribution >= 4 is 18.0 Å². The van der Waals surface area contributed by atoms with Crippen molar-refractivity contribution in [2.75, 3.05) is 39.4 Å². The van der Waals surface area contributed by atoms with Gasteiger partial charge in [-0.3, -0.25) is 0 Å². The quantitative estimate of drug-likeness (QED) is 0.177. The van der Waals surface area contributed by atoms with Crippen LogP contribution >= 0.6 is 0 Å². The van der Waals surface area contributed by atoms with Gasteiger partial charge >= 0.3 is 12.2 Å². The lowest BCUT2D eigenvalue weighted by Crippen LogP contribution is -2.35. The standard InChI is InChI=1S/C18H31NO4.C16H29NO3/c1-17(2,3)23-16(20)19-11-9-15(14-19)8-6-5-7-10-18(4)21-12-13-22-18;1-13(18)8-6-5-7-9-14-10-11-17(12-14)15(19)20-16(2,3)4/h6,8,15H,5,7,9-14H2,1-4H3;14H,5-12H2,1-4H3/b8-6+;/t15-;14-/m11/s1. The van der Waals surface area contributed by atoms with Crippen molar-refractivity contribution in [2.24, 2.45) is 11.8 Å². The van der Waals surface area contributed by atoms with Crippen LogP contribution in [0.25, 0.3) is 0 Å². The second kappa shape index (κ2) is 17.4. The molecular formula is C34H60N2O7. The summed E-state index contributed by atoms with van der Waals surface area (Å²) in [5.41, 5.74) is -0.840. The van der Waals surface area contributed by atoms with E-state index < -0.39 is 11.2 Å². The molecule has 9 nitrogen and oxygen atoms in total. The molecule has 3 heterocycles. The van der Waals surface area contributed by atoms with Crippen molar-refractivity contribution in [2.45, 2.75) is 137 Å². The van der Waals surface area contributed by atoms with E-state index in [9.17, 15) is 14.4 Å². The van der Waals surface area contributed by atoms with Crippen LogP contribution in [0.1, 0.15) is 120 Å². The molecule has 0 bridgehead atoms. The summed E-state index contributed by atoms with van der Waals surface area (Å²) in [5, 5.41) is 0. The molecule has 3 saturated heterocycles. The summed E-state index contributed by atoms with van der Waals surface area (Å²) >= 11 is 0. The van der Waals surface area contributed by atoms with Crippen LogP contribution in [-0.4, -0.2) is 84.2 Å². The number of allylic oxidation sites excluding steroid dienone is 1. The number of nitrogens with zero attached hydrogens (tertiary/aromatic N) is 2. The number of carbonyl (C=O) groups excluding carboxylic acids is 3. The third-order valence-corrected chi connectivity index (χ3v) is 7.76. The van der Waals surface area contributed by atoms with Crippen LogP contribution in [0.15, 0.2) is 12.2 Å². The Balaban J connectivity index is 0.000000304. The van der Waals surface area contributed by atoms with Crippen LogP contribution in [0.5, 0.6) is 0 Å². The molecule has 0 N–H and O–H groups in total. The highest BCUT2D eigenvalue weighted by molar-refractivity contribution is 5.75. The summed E-state index contributed by atoms with van der Waals surface area (Å²) < 4.78 is 22.0. The van der Waals surface area contributed by atoms with Crippen molar-refractivity contribution in [3.63, 3.8) is 0 Å². The van der Waals surface area contributed by atoms with E-state index in [1.54, 1.807) is 6.92 Å². The Labute approximate surface area is 261 Å². The van der Waals surface area contributed by atoms with Gasteiger partial charge < -0.3 is 33.5 Å². The average molecular weight is 609 g/mol. The molecule has 43 heavy (non-hydrogen) atoms. The Morgan fingerprint density at radius 1 is 0.837 bits per heavy atom. The smallest absolute Gasteiger partial charge is 0.410 e. The highest BCUT2D eigenvalue weighted by Gasteiger charge is 2.31. The van der Waals surface area contributed by atoms with E-state index >= 15 is 0 Å². The van der Waals surface area contributed by atoms with Gasteiger partial charge in [0.05, 0.1) is 13.2 Å². The fourth-order valence-electron chi connectivity index (χ4n) is 5.51. The fourth-order valence-corrected chi connectivity index (χ4v) is 5.51. The second-order valence-electron chi connectivity index (χ2n) is 14.5. The molecule has 3 aliphatic rings. The van der Waals surface area contributed by atoms with Crippen molar-refractivity contribution in [1.29, 1.82) is 0 Å². The SMILES string of the molecule is CC(=O)CCCCC[C@@H]1CCN(C(=O)OC(C)(C)C)C1.CC(C)(C)OC(=O)N1CC[C@@H](/C=C/CCCC2(C)OCCO2)C1. The lowest BCUT2D eigenvalue weighted by atomic mass is 10.00. The highest BCUT2D eigenvalue weighted by atomic mass is 16.7. The molecule has 3 aliphatic heterocycles. The van der Waals surface area contributed by atoms with Crippen molar-refractivity contribution in [3.8, 4) is 0 Å². The number of ether oxygens (including phenoxy) is 4. The maximum absolute atomic E-state index is 12.0. The summed E-state index contributed by atoms with van der Waals surface area (Å²) in [6.45, 7) is 19.6. The first-order valence-electron chi connectivity index (χ1n) is 16.4. The summed E-state index contributed by atoms with van der Waals surface area (Å²) in [5.74, 6) is 0.938. The number of Topliss-reactive ketones (excluding diaryl/α,β-unsaturated/α-hetero) is 1. The van der Waals surface area contributed by atoms with Crippen LogP contribution in [0, 0.1) is 11.8 Å². The number of unbranched alkanes of at least 4 members (excludes halogenated alkanes) is 3. The maximum atomic E-state index is 12.0. The number of carbonyl (C=O) groups is 3. The van der Waals surface area contributed by atoms with E-state index in [0.717, 1.165) is 84.0 Å². The highest BCUT2D eigenvalue weighted by Crippen LogP contribution is 2.26. The molecule has 0 aromatic rings. The number of hydrogen-bond donors (Lipinski definition) is 0. The van der Waals surface area contributed by atoms with E-state index in [1.807, 2.05) is 58.3 Å². The Bertz CT molecular complexity index is 899. The van der Waals surface area contributed by atoms with Gasteiger partial charge in [-0.2, -0.15) is 0 Å². The van der Waals surface area contributed by atoms with Gasteiger partial charge in [-0.25, -0.2) is 9.59 Å². The van der Waals surface area contributed by atoms with E-state index in [2.05, 4.69) is 12.2 Å². The normalized spacial score (nSPS) is 22.0. The number of ketones is 1. The minimum atomic E-state index is -0.425. The lowest BCUT2D eigenvalue weighted by molar-refractivity contribution is -0.147. The summed E-state index contributed by atoms with van der Waals surface area (Å²) in [7, 11) is 0. The van der Waals surface area contributed by atoms with Gasteiger partial charge in [-0.15, -0.1) is 0 Å². The van der Waals surface area contributed by atoms with Gasteiger partial charge in [0.1, 0.15) is 17.0 Å². The van der Waals surface area contributed by atoms with Gasteiger partial charge in [0.15, 0.2) is 5.79 Å². The van der Waals surface area contributed by atoms with Gasteiger partial charge in [0.25, 0.3) is 0 Å². The molecule has 0 saturated carbocycles.